The lowest BCUT2D eigenvalue weighted by Crippen LogP contribution is -2.33. The van der Waals surface area contributed by atoms with Gasteiger partial charge in [0.25, 0.3) is 5.91 Å². The second-order valence-corrected chi connectivity index (χ2v) is 7.14. The zero-order chi connectivity index (χ0) is 19.9. The molecule has 6 nitrogen and oxygen atoms in total. The maximum absolute atomic E-state index is 12.4. The third-order valence-electron chi connectivity index (χ3n) is 4.94. The highest BCUT2D eigenvalue weighted by molar-refractivity contribution is 5.92. The summed E-state index contributed by atoms with van der Waals surface area (Å²) >= 11 is 0. The number of nitrogens with one attached hydrogen (secondary N) is 2. The van der Waals surface area contributed by atoms with Gasteiger partial charge in [-0.15, -0.1) is 0 Å². The molecular weight excluding hydrogens is 364 g/mol. The number of carbonyl (C=O) groups excluding carboxylic acids is 1. The molecule has 0 radical (unpaired) electrons. The number of ether oxygens (including phenoxy) is 1. The second-order valence-electron chi connectivity index (χ2n) is 7.14. The first kappa shape index (κ1) is 18.9. The SMILES string of the molecule is O=C(NC1CCCC1)c1ccnc(Nc2ccc(OCc3ccccc3)cc2)n1. The lowest BCUT2D eigenvalue weighted by atomic mass is 10.2. The summed E-state index contributed by atoms with van der Waals surface area (Å²) in [5, 5.41) is 6.18. The van der Waals surface area contributed by atoms with Gasteiger partial charge in [-0.3, -0.25) is 4.79 Å². The molecule has 6 heteroatoms. The van der Waals surface area contributed by atoms with E-state index in [9.17, 15) is 4.79 Å². The molecule has 0 spiro atoms. The number of benzene rings is 2. The van der Waals surface area contributed by atoms with E-state index in [-0.39, 0.29) is 11.9 Å². The van der Waals surface area contributed by atoms with Crippen LogP contribution in [0.25, 0.3) is 0 Å². The maximum Gasteiger partial charge on any atom is 0.270 e. The number of hydrogen-bond donors (Lipinski definition) is 2. The van der Waals surface area contributed by atoms with Gasteiger partial charge in [-0.05, 0) is 48.7 Å². The Balaban J connectivity index is 1.34. The van der Waals surface area contributed by atoms with Crippen LogP contribution in [0.5, 0.6) is 5.75 Å². The number of anilines is 2. The molecule has 0 aliphatic heterocycles. The molecule has 1 fully saturated rings. The topological polar surface area (TPSA) is 76.1 Å². The Morgan fingerprint density at radius 2 is 1.76 bits per heavy atom. The van der Waals surface area contributed by atoms with Crippen LogP contribution in [0.4, 0.5) is 11.6 Å². The van der Waals surface area contributed by atoms with E-state index in [1.165, 1.54) is 12.8 Å². The van der Waals surface area contributed by atoms with Gasteiger partial charge in [0.2, 0.25) is 5.95 Å². The zero-order valence-electron chi connectivity index (χ0n) is 16.2. The highest BCUT2D eigenvalue weighted by atomic mass is 16.5. The number of amides is 1. The summed E-state index contributed by atoms with van der Waals surface area (Å²) in [7, 11) is 0. The first-order valence-electron chi connectivity index (χ1n) is 9.94. The fraction of sp³-hybridized carbons (Fsp3) is 0.261. The van der Waals surface area contributed by atoms with Gasteiger partial charge in [0.05, 0.1) is 0 Å². The third kappa shape index (κ3) is 5.31. The summed E-state index contributed by atoms with van der Waals surface area (Å²) in [5.74, 6) is 1.03. The van der Waals surface area contributed by atoms with Crippen molar-refractivity contribution in [1.29, 1.82) is 0 Å². The van der Waals surface area contributed by atoms with Crippen LogP contribution in [0.3, 0.4) is 0 Å². The van der Waals surface area contributed by atoms with Crippen molar-refractivity contribution in [2.45, 2.75) is 38.3 Å². The van der Waals surface area contributed by atoms with Crippen molar-refractivity contribution in [2.24, 2.45) is 0 Å². The van der Waals surface area contributed by atoms with Crippen molar-refractivity contribution in [3.8, 4) is 5.75 Å². The lowest BCUT2D eigenvalue weighted by molar-refractivity contribution is 0.0933. The number of nitrogens with zero attached hydrogens (tertiary/aromatic N) is 2. The quantitative estimate of drug-likeness (QED) is 0.624. The molecule has 1 amide bonds. The van der Waals surface area contributed by atoms with Gasteiger partial charge in [0.1, 0.15) is 18.1 Å². The molecule has 4 rings (SSSR count). The Morgan fingerprint density at radius 1 is 1.00 bits per heavy atom. The van der Waals surface area contributed by atoms with E-state index < -0.39 is 0 Å². The number of carbonyl (C=O) groups is 1. The molecule has 1 aromatic heterocycles. The minimum absolute atomic E-state index is 0.146. The molecule has 0 atom stereocenters. The van der Waals surface area contributed by atoms with Crippen LogP contribution in [-0.4, -0.2) is 21.9 Å². The van der Waals surface area contributed by atoms with E-state index in [1.807, 2.05) is 54.6 Å². The van der Waals surface area contributed by atoms with Gasteiger partial charge in [0, 0.05) is 17.9 Å². The molecule has 2 aromatic carbocycles. The predicted octanol–water partition coefficient (Wildman–Crippen LogP) is 4.47. The molecule has 3 aromatic rings. The molecule has 29 heavy (non-hydrogen) atoms. The number of hydrogen-bond acceptors (Lipinski definition) is 5. The molecule has 0 saturated heterocycles. The minimum atomic E-state index is -0.146. The zero-order valence-corrected chi connectivity index (χ0v) is 16.2. The summed E-state index contributed by atoms with van der Waals surface area (Å²) < 4.78 is 5.80. The highest BCUT2D eigenvalue weighted by Gasteiger charge is 2.18. The molecule has 0 unspecified atom stereocenters. The molecule has 0 bridgehead atoms. The Morgan fingerprint density at radius 3 is 2.52 bits per heavy atom. The van der Waals surface area contributed by atoms with Crippen LogP contribution >= 0.6 is 0 Å². The molecule has 1 saturated carbocycles. The van der Waals surface area contributed by atoms with Crippen molar-refractivity contribution in [2.75, 3.05) is 5.32 Å². The third-order valence-corrected chi connectivity index (χ3v) is 4.94. The first-order valence-corrected chi connectivity index (χ1v) is 9.94. The first-order chi connectivity index (χ1) is 14.3. The van der Waals surface area contributed by atoms with Crippen LogP contribution in [0, 0.1) is 0 Å². The molecule has 1 heterocycles. The van der Waals surface area contributed by atoms with E-state index in [4.69, 9.17) is 4.74 Å². The monoisotopic (exact) mass is 388 g/mol. The summed E-state index contributed by atoms with van der Waals surface area (Å²) in [6, 6.07) is 19.5. The summed E-state index contributed by atoms with van der Waals surface area (Å²) in [6.45, 7) is 0.523. The largest absolute Gasteiger partial charge is 0.489 e. The van der Waals surface area contributed by atoms with Crippen molar-refractivity contribution >= 4 is 17.5 Å². The van der Waals surface area contributed by atoms with Crippen LogP contribution in [0.2, 0.25) is 0 Å². The van der Waals surface area contributed by atoms with Gasteiger partial charge in [-0.25, -0.2) is 9.97 Å². The van der Waals surface area contributed by atoms with Crippen LogP contribution in [0.1, 0.15) is 41.7 Å². The molecule has 2 N–H and O–H groups in total. The van der Waals surface area contributed by atoms with E-state index >= 15 is 0 Å². The van der Waals surface area contributed by atoms with Gasteiger partial charge in [-0.1, -0.05) is 43.2 Å². The van der Waals surface area contributed by atoms with Gasteiger partial charge in [0.15, 0.2) is 0 Å². The van der Waals surface area contributed by atoms with E-state index in [0.717, 1.165) is 29.8 Å². The predicted molar refractivity (Wildman–Crippen MR) is 112 cm³/mol. The Kier molecular flexibility index (Phi) is 6.00. The minimum Gasteiger partial charge on any atom is -0.489 e. The van der Waals surface area contributed by atoms with E-state index in [0.29, 0.717) is 18.2 Å². The Bertz CT molecular complexity index is 939. The number of rotatable bonds is 7. The fourth-order valence-corrected chi connectivity index (χ4v) is 3.38. The smallest absolute Gasteiger partial charge is 0.270 e. The van der Waals surface area contributed by atoms with Gasteiger partial charge >= 0.3 is 0 Å². The van der Waals surface area contributed by atoms with Crippen molar-refractivity contribution in [3.05, 3.63) is 78.1 Å². The van der Waals surface area contributed by atoms with Crippen LogP contribution in [0.15, 0.2) is 66.9 Å². The fourth-order valence-electron chi connectivity index (χ4n) is 3.38. The molecule has 148 valence electrons. The van der Waals surface area contributed by atoms with Gasteiger partial charge in [-0.2, -0.15) is 0 Å². The van der Waals surface area contributed by atoms with Gasteiger partial charge < -0.3 is 15.4 Å². The van der Waals surface area contributed by atoms with Crippen molar-refractivity contribution in [3.63, 3.8) is 0 Å². The highest BCUT2D eigenvalue weighted by Crippen LogP contribution is 2.20. The van der Waals surface area contributed by atoms with Crippen molar-refractivity contribution < 1.29 is 9.53 Å². The average molecular weight is 388 g/mol. The van der Waals surface area contributed by atoms with E-state index in [1.54, 1.807) is 12.3 Å². The van der Waals surface area contributed by atoms with Crippen LogP contribution < -0.4 is 15.4 Å². The normalized spacial score (nSPS) is 13.8. The number of aromatic nitrogens is 2. The molecule has 1 aliphatic carbocycles. The molecule has 1 aliphatic rings. The summed E-state index contributed by atoms with van der Waals surface area (Å²) in [5.41, 5.74) is 2.32. The average Bonchev–Trinajstić information content (AvgIpc) is 3.27. The summed E-state index contributed by atoms with van der Waals surface area (Å²) in [4.78, 5) is 20.9. The standard InChI is InChI=1S/C23H24N4O2/c28-22(25-18-8-4-5-9-18)21-14-15-24-23(27-21)26-19-10-12-20(13-11-19)29-16-17-6-2-1-3-7-17/h1-3,6-7,10-15,18H,4-5,8-9,16H2,(H,25,28)(H,24,26,27). The lowest BCUT2D eigenvalue weighted by Gasteiger charge is -2.12. The Hall–Kier alpha value is -3.41. The second kappa shape index (κ2) is 9.19. The van der Waals surface area contributed by atoms with E-state index in [2.05, 4.69) is 20.6 Å². The van der Waals surface area contributed by atoms with Crippen molar-refractivity contribution in [1.82, 2.24) is 15.3 Å². The molecular formula is C23H24N4O2. The summed E-state index contributed by atoms with van der Waals surface area (Å²) in [6.07, 6.45) is 6.02. The van der Waals surface area contributed by atoms with Crippen LogP contribution in [-0.2, 0) is 6.61 Å². The maximum atomic E-state index is 12.4. The Labute approximate surface area is 170 Å².